The Morgan fingerprint density at radius 2 is 1.16 bits per heavy atom. The van der Waals surface area contributed by atoms with Gasteiger partial charge in [0.05, 0.1) is 23.8 Å². The number of hydrogen-bond donors (Lipinski definition) is 2. The van der Waals surface area contributed by atoms with E-state index in [0.29, 0.717) is 13.1 Å². The van der Waals surface area contributed by atoms with Crippen LogP contribution in [-0.4, -0.2) is 35.0 Å². The van der Waals surface area contributed by atoms with E-state index in [0.717, 1.165) is 49.9 Å². The fourth-order valence-electron chi connectivity index (χ4n) is 3.25. The largest absolute Gasteiger partial charge is 0.369 e. The molecule has 0 aromatic carbocycles. The summed E-state index contributed by atoms with van der Waals surface area (Å²) in [5, 5.41) is 17.6. The summed E-state index contributed by atoms with van der Waals surface area (Å²) in [6.45, 7) is 1.33. The summed E-state index contributed by atoms with van der Waals surface area (Å²) in [5.41, 5.74) is 13.5. The lowest BCUT2D eigenvalue weighted by Gasteiger charge is -2.23. The molecule has 4 N–H and O–H groups in total. The second-order valence-corrected chi connectivity index (χ2v) is 6.99. The molecule has 32 heavy (non-hydrogen) atoms. The normalized spacial score (nSPS) is 11.4. The van der Waals surface area contributed by atoms with Gasteiger partial charge in [0.1, 0.15) is 0 Å². The summed E-state index contributed by atoms with van der Waals surface area (Å²) in [6.07, 6.45) is 16.3. The van der Waals surface area contributed by atoms with Crippen molar-refractivity contribution in [1.82, 2.24) is 9.97 Å². The van der Waals surface area contributed by atoms with Gasteiger partial charge in [-0.05, 0) is 37.1 Å². The van der Waals surface area contributed by atoms with E-state index in [2.05, 4.69) is 20.0 Å². The first-order valence-corrected chi connectivity index (χ1v) is 10.5. The van der Waals surface area contributed by atoms with Crippen LogP contribution in [-0.2, 0) is 0 Å². The average molecular weight is 433 g/mol. The Morgan fingerprint density at radius 1 is 0.750 bits per heavy atom. The third-order valence-electron chi connectivity index (χ3n) is 4.81. The summed E-state index contributed by atoms with van der Waals surface area (Å²) in [5.74, 6) is 0.347. The van der Waals surface area contributed by atoms with Gasteiger partial charge in [0.25, 0.3) is 0 Å². The van der Waals surface area contributed by atoms with Gasteiger partial charge in [0, 0.05) is 25.5 Å². The molecule has 0 aliphatic rings. The number of pyridine rings is 2. The Hall–Kier alpha value is -4.18. The van der Waals surface area contributed by atoms with Gasteiger partial charge < -0.3 is 21.3 Å². The number of rotatable bonds is 11. The van der Waals surface area contributed by atoms with Crippen LogP contribution in [0.1, 0.15) is 38.5 Å². The third kappa shape index (κ3) is 7.92. The highest BCUT2D eigenvalue weighted by molar-refractivity contribution is 5.95. The second kappa shape index (κ2) is 13.9. The molecule has 0 unspecified atom stereocenters. The van der Waals surface area contributed by atoms with Crippen LogP contribution in [0.2, 0.25) is 0 Å². The monoisotopic (exact) mass is 432 g/mol. The summed E-state index contributed by atoms with van der Waals surface area (Å²) < 4.78 is 0. The van der Waals surface area contributed by atoms with E-state index < -0.39 is 0 Å². The maximum atomic E-state index is 8.80. The first-order valence-electron chi connectivity index (χ1n) is 10.5. The van der Waals surface area contributed by atoms with Gasteiger partial charge in [-0.2, -0.15) is 10.5 Å². The van der Waals surface area contributed by atoms with Crippen molar-refractivity contribution in [2.24, 2.45) is 21.5 Å². The molecule has 2 aromatic heterocycles. The van der Waals surface area contributed by atoms with Crippen molar-refractivity contribution in [1.29, 1.82) is 10.5 Å². The van der Waals surface area contributed by atoms with Crippen molar-refractivity contribution in [2.45, 2.75) is 38.5 Å². The average Bonchev–Trinajstić information content (AvgIpc) is 2.82. The molecule has 0 bridgehead atoms. The number of aliphatic imine (C=N–C) groups is 2. The van der Waals surface area contributed by atoms with Crippen LogP contribution >= 0.6 is 0 Å². The van der Waals surface area contributed by atoms with Gasteiger partial charge in [0.15, 0.2) is 0 Å². The Balaban J connectivity index is 1.74. The second-order valence-electron chi connectivity index (χ2n) is 6.99. The molecule has 0 amide bonds. The molecular formula is C22H28N10. The van der Waals surface area contributed by atoms with Crippen molar-refractivity contribution in [3.8, 4) is 12.4 Å². The smallest absolute Gasteiger partial charge is 0.211 e. The molecule has 2 aromatic rings. The molecule has 10 nitrogen and oxygen atoms in total. The Kier molecular flexibility index (Phi) is 10.5. The molecule has 0 saturated heterocycles. The molecule has 0 radical (unpaired) electrons. The fourth-order valence-corrected chi connectivity index (χ4v) is 3.25. The number of hydrogen-bond acceptors (Lipinski definition) is 6. The minimum atomic E-state index is 0.174. The Bertz CT molecular complexity index is 865. The van der Waals surface area contributed by atoms with Crippen molar-refractivity contribution in [3.05, 3.63) is 49.1 Å². The third-order valence-corrected chi connectivity index (χ3v) is 4.81. The molecule has 2 rings (SSSR count). The van der Waals surface area contributed by atoms with Gasteiger partial charge in [-0.15, -0.1) is 9.98 Å². The molecule has 0 atom stereocenters. The van der Waals surface area contributed by atoms with E-state index >= 15 is 0 Å². The number of nitrogens with two attached hydrogens (primary N) is 2. The number of guanidine groups is 2. The molecule has 0 aliphatic heterocycles. The highest BCUT2D eigenvalue weighted by Gasteiger charge is 2.12. The topological polar surface area (TPSA) is 157 Å². The summed E-state index contributed by atoms with van der Waals surface area (Å²) in [4.78, 5) is 19.1. The highest BCUT2D eigenvalue weighted by atomic mass is 15.3. The SMILES string of the molecule is N#CN=C(N)N(CCCCCCCCN(C(N)=NC#N)c1cccnc1)c1cccnc1. The molecule has 166 valence electrons. The van der Waals surface area contributed by atoms with Gasteiger partial charge in [0.2, 0.25) is 24.3 Å². The number of aromatic nitrogens is 2. The lowest BCUT2D eigenvalue weighted by Crippen LogP contribution is -2.38. The molecule has 10 heteroatoms. The zero-order valence-corrected chi connectivity index (χ0v) is 18.0. The van der Waals surface area contributed by atoms with E-state index in [4.69, 9.17) is 22.0 Å². The number of nitriles is 2. The zero-order valence-electron chi connectivity index (χ0n) is 18.0. The standard InChI is InChI=1S/C22H28N10/c23-17-29-21(25)31(19-9-7-11-27-15-19)13-5-3-1-2-4-6-14-32(22(26)30-18-24)20-10-8-12-28-16-20/h7-12,15-16H,1-6,13-14H2,(H2,25,29)(H2,26,30). The first kappa shape index (κ1) is 24.1. The van der Waals surface area contributed by atoms with E-state index in [-0.39, 0.29) is 11.9 Å². The first-order chi connectivity index (χ1) is 15.7. The van der Waals surface area contributed by atoms with Gasteiger partial charge in [-0.1, -0.05) is 25.7 Å². The highest BCUT2D eigenvalue weighted by Crippen LogP contribution is 2.16. The van der Waals surface area contributed by atoms with Crippen molar-refractivity contribution in [3.63, 3.8) is 0 Å². The minimum Gasteiger partial charge on any atom is -0.369 e. The van der Waals surface area contributed by atoms with E-state index in [1.165, 1.54) is 0 Å². The van der Waals surface area contributed by atoms with Crippen LogP contribution < -0.4 is 21.3 Å². The van der Waals surface area contributed by atoms with Gasteiger partial charge >= 0.3 is 0 Å². The number of nitrogens with zero attached hydrogens (tertiary/aromatic N) is 8. The van der Waals surface area contributed by atoms with E-state index in [1.807, 2.05) is 24.3 Å². The number of anilines is 2. The Morgan fingerprint density at radius 3 is 1.50 bits per heavy atom. The van der Waals surface area contributed by atoms with Gasteiger partial charge in [-0.3, -0.25) is 9.97 Å². The lowest BCUT2D eigenvalue weighted by molar-refractivity contribution is 0.599. The van der Waals surface area contributed by atoms with Crippen molar-refractivity contribution >= 4 is 23.3 Å². The van der Waals surface area contributed by atoms with Crippen LogP contribution in [0.3, 0.4) is 0 Å². The maximum Gasteiger partial charge on any atom is 0.211 e. The van der Waals surface area contributed by atoms with Crippen LogP contribution in [0.15, 0.2) is 59.0 Å². The molecule has 0 saturated carbocycles. The molecule has 0 spiro atoms. The molecule has 0 fully saturated rings. The van der Waals surface area contributed by atoms with E-state index in [9.17, 15) is 0 Å². The summed E-state index contributed by atoms with van der Waals surface area (Å²) in [6, 6.07) is 7.43. The Labute approximate surface area is 188 Å². The quantitative estimate of drug-likeness (QED) is 0.237. The predicted molar refractivity (Wildman–Crippen MR) is 125 cm³/mol. The fraction of sp³-hybridized carbons (Fsp3) is 0.364. The predicted octanol–water partition coefficient (Wildman–Crippen LogP) is 2.72. The van der Waals surface area contributed by atoms with Crippen LogP contribution in [0.4, 0.5) is 11.4 Å². The zero-order chi connectivity index (χ0) is 23.0. The molecule has 0 aliphatic carbocycles. The summed E-state index contributed by atoms with van der Waals surface area (Å²) >= 11 is 0. The van der Waals surface area contributed by atoms with Gasteiger partial charge in [-0.25, -0.2) is 0 Å². The van der Waals surface area contributed by atoms with Crippen LogP contribution in [0.5, 0.6) is 0 Å². The molecular weight excluding hydrogens is 404 g/mol. The summed E-state index contributed by atoms with van der Waals surface area (Å²) in [7, 11) is 0. The molecule has 2 heterocycles. The van der Waals surface area contributed by atoms with E-state index in [1.54, 1.807) is 47.0 Å². The van der Waals surface area contributed by atoms with Crippen molar-refractivity contribution < 1.29 is 0 Å². The van der Waals surface area contributed by atoms with Crippen molar-refractivity contribution in [2.75, 3.05) is 22.9 Å². The maximum absolute atomic E-state index is 8.80. The minimum absolute atomic E-state index is 0.174. The van der Waals surface area contributed by atoms with Crippen LogP contribution in [0.25, 0.3) is 0 Å². The van der Waals surface area contributed by atoms with Crippen LogP contribution in [0, 0.1) is 22.9 Å². The lowest BCUT2D eigenvalue weighted by atomic mass is 10.1. The number of unbranched alkanes of at least 4 members (excludes halogenated alkanes) is 5.